The van der Waals surface area contributed by atoms with Crippen molar-refractivity contribution in [2.45, 2.75) is 18.4 Å². The quantitative estimate of drug-likeness (QED) is 0.270. The van der Waals surface area contributed by atoms with Gasteiger partial charge < -0.3 is 25.5 Å². The molecule has 17 heteroatoms. The maximum absolute atomic E-state index is 10.4. The van der Waals surface area contributed by atoms with E-state index in [0.29, 0.717) is 12.1 Å². The van der Waals surface area contributed by atoms with Crippen LogP contribution in [0.1, 0.15) is 12.8 Å². The zero-order chi connectivity index (χ0) is 23.1. The number of carboxylic acids is 3. The van der Waals surface area contributed by atoms with E-state index in [4.69, 9.17) is 25.5 Å². The van der Waals surface area contributed by atoms with Crippen LogP contribution >= 0.6 is 0 Å². The Labute approximate surface area is 157 Å². The number of carboxylic acid groups (broad SMARTS) is 3. The summed E-state index contributed by atoms with van der Waals surface area (Å²) in [5.41, 5.74) is -5.74. The molecule has 0 fully saturated rings. The minimum Gasteiger partial charge on any atom is -0.497 e. The lowest BCUT2D eigenvalue weighted by Gasteiger charge is -2.18. The molecule has 158 valence electrons. The molecule has 0 atom stereocenters. The number of nitro benzene ring substituents is 3. The number of aliphatic carboxylic acids is 3. The van der Waals surface area contributed by atoms with Crippen molar-refractivity contribution in [3.63, 3.8) is 0 Å². The van der Waals surface area contributed by atoms with E-state index in [1.807, 2.05) is 0 Å². The van der Waals surface area contributed by atoms with Gasteiger partial charge in [-0.25, -0.2) is 4.79 Å². The van der Waals surface area contributed by atoms with E-state index in [9.17, 15) is 44.7 Å². The van der Waals surface area contributed by atoms with Gasteiger partial charge in [0.25, 0.3) is 11.4 Å². The first-order chi connectivity index (χ1) is 13.1. The molecule has 0 aromatic heterocycles. The smallest absolute Gasteiger partial charge is 0.336 e. The number of phenols is 1. The van der Waals surface area contributed by atoms with Gasteiger partial charge in [0, 0.05) is 0 Å². The number of nitrogens with zero attached hydrogens (tertiary/aromatic N) is 3. The third-order valence-electron chi connectivity index (χ3n) is 2.94. The maximum atomic E-state index is 10.4. The van der Waals surface area contributed by atoms with E-state index in [1.165, 1.54) is 0 Å². The summed E-state index contributed by atoms with van der Waals surface area (Å²) in [6.45, 7) is 0. The molecule has 0 radical (unpaired) electrons. The lowest BCUT2D eigenvalue weighted by Crippen LogP contribution is -2.42. The van der Waals surface area contributed by atoms with Gasteiger partial charge in [-0.3, -0.25) is 39.9 Å². The second-order valence-electron chi connectivity index (χ2n) is 5.08. The van der Waals surface area contributed by atoms with Crippen molar-refractivity contribution in [2.24, 2.45) is 0 Å². The Bertz CT molecular complexity index is 828. The summed E-state index contributed by atoms with van der Waals surface area (Å²) in [7, 11) is 0. The number of hydrogen-bond acceptors (Lipinski definition) is 11. The average molecular weight is 421 g/mol. The fourth-order valence-electron chi connectivity index (χ4n) is 1.69. The summed E-state index contributed by atoms with van der Waals surface area (Å²) in [6.07, 6.45) is -2.29. The molecule has 1 aromatic carbocycles. The van der Waals surface area contributed by atoms with Gasteiger partial charge in [0.15, 0.2) is 5.60 Å². The van der Waals surface area contributed by atoms with Gasteiger partial charge in [0.2, 0.25) is 0 Å². The van der Waals surface area contributed by atoms with Crippen molar-refractivity contribution in [2.75, 3.05) is 0 Å². The third-order valence-corrected chi connectivity index (χ3v) is 2.94. The SMILES string of the molecule is O=C(O)CC(O)(CC(=O)O)C(=O)O.O=[N+]([O-])c1cc([N+](=O)[O-])c(O)c([N+](=O)[O-])c1. The Morgan fingerprint density at radius 2 is 1.17 bits per heavy atom. The molecular weight excluding hydrogens is 410 g/mol. The van der Waals surface area contributed by atoms with Crippen molar-refractivity contribution in [1.82, 2.24) is 0 Å². The minimum atomic E-state index is -2.74. The van der Waals surface area contributed by atoms with Crippen molar-refractivity contribution >= 4 is 35.0 Å². The molecule has 1 rings (SSSR count). The zero-order valence-corrected chi connectivity index (χ0v) is 13.8. The average Bonchev–Trinajstić information content (AvgIpc) is 2.52. The Hall–Kier alpha value is -4.41. The molecule has 17 nitrogen and oxygen atoms in total. The number of benzene rings is 1. The summed E-state index contributed by atoms with van der Waals surface area (Å²) < 4.78 is 0. The predicted molar refractivity (Wildman–Crippen MR) is 85.2 cm³/mol. The molecule has 0 amide bonds. The second-order valence-corrected chi connectivity index (χ2v) is 5.08. The molecule has 0 heterocycles. The van der Waals surface area contributed by atoms with Crippen molar-refractivity contribution in [3.8, 4) is 5.75 Å². The van der Waals surface area contributed by atoms with Crippen molar-refractivity contribution in [3.05, 3.63) is 42.5 Å². The number of non-ortho nitro benzene ring substituents is 1. The van der Waals surface area contributed by atoms with Gasteiger partial charge in [0.05, 0.1) is 39.7 Å². The summed E-state index contributed by atoms with van der Waals surface area (Å²) in [6, 6.07) is 0.894. The molecular formula is C12H11N3O14. The molecule has 0 bridgehead atoms. The standard InChI is InChI=1S/C6H3N3O7.C6H8O7/c10-6-4(8(13)14)1-3(7(11)12)2-5(6)9(15)16;7-3(8)1-6(13,5(11)12)2-4(9)10/h1-2,10H;13H,1-2H2,(H,7,8)(H,9,10)(H,11,12). The first-order valence-corrected chi connectivity index (χ1v) is 6.82. The molecule has 0 aliphatic rings. The van der Waals surface area contributed by atoms with E-state index in [0.717, 1.165) is 0 Å². The van der Waals surface area contributed by atoms with Crippen LogP contribution in [0.5, 0.6) is 5.75 Å². The minimum absolute atomic E-state index is 0.447. The Morgan fingerprint density at radius 3 is 1.38 bits per heavy atom. The number of carbonyl (C=O) groups is 3. The monoisotopic (exact) mass is 421 g/mol. The molecule has 0 spiro atoms. The molecule has 5 N–H and O–H groups in total. The van der Waals surface area contributed by atoms with Crippen molar-refractivity contribution in [1.29, 1.82) is 0 Å². The summed E-state index contributed by atoms with van der Waals surface area (Å²) in [5, 5.41) is 74.0. The summed E-state index contributed by atoms with van der Waals surface area (Å²) >= 11 is 0. The van der Waals surface area contributed by atoms with Crippen LogP contribution in [0.4, 0.5) is 17.1 Å². The van der Waals surface area contributed by atoms with Crippen LogP contribution in [0, 0.1) is 30.3 Å². The molecule has 0 saturated heterocycles. The third kappa shape index (κ3) is 7.02. The molecule has 0 aliphatic heterocycles. The Balaban J connectivity index is 0.000000555. The maximum Gasteiger partial charge on any atom is 0.336 e. The van der Waals surface area contributed by atoms with Crippen LogP contribution in [0.25, 0.3) is 0 Å². The van der Waals surface area contributed by atoms with Crippen LogP contribution in [0.15, 0.2) is 12.1 Å². The number of aliphatic hydroxyl groups is 1. The number of aromatic hydroxyl groups is 1. The normalized spacial score (nSPS) is 10.2. The Morgan fingerprint density at radius 1 is 0.828 bits per heavy atom. The molecule has 0 unspecified atom stereocenters. The van der Waals surface area contributed by atoms with Gasteiger partial charge in [0.1, 0.15) is 0 Å². The molecule has 0 saturated carbocycles. The number of hydrogen-bond donors (Lipinski definition) is 5. The highest BCUT2D eigenvalue weighted by molar-refractivity contribution is 5.88. The van der Waals surface area contributed by atoms with Crippen molar-refractivity contribution < 1.29 is 54.7 Å². The van der Waals surface area contributed by atoms with E-state index >= 15 is 0 Å². The molecule has 29 heavy (non-hydrogen) atoms. The zero-order valence-electron chi connectivity index (χ0n) is 13.8. The molecule has 1 aromatic rings. The summed E-state index contributed by atoms with van der Waals surface area (Å²) in [4.78, 5) is 58.3. The molecule has 0 aliphatic carbocycles. The predicted octanol–water partition coefficient (Wildman–Crippen LogP) is -0.132. The number of nitro groups is 3. The van der Waals surface area contributed by atoms with E-state index < -0.39 is 73.9 Å². The highest BCUT2D eigenvalue weighted by Crippen LogP contribution is 2.38. The lowest BCUT2D eigenvalue weighted by molar-refractivity contribution is -0.404. The van der Waals surface area contributed by atoms with E-state index in [-0.39, 0.29) is 0 Å². The van der Waals surface area contributed by atoms with Gasteiger partial charge in [-0.2, -0.15) is 0 Å². The Kier molecular flexibility index (Phi) is 8.06. The van der Waals surface area contributed by atoms with Crippen LogP contribution in [-0.4, -0.2) is 63.8 Å². The lowest BCUT2D eigenvalue weighted by atomic mass is 9.96. The van der Waals surface area contributed by atoms with Gasteiger partial charge in [-0.15, -0.1) is 0 Å². The van der Waals surface area contributed by atoms with Crippen LogP contribution in [0.2, 0.25) is 0 Å². The van der Waals surface area contributed by atoms with Gasteiger partial charge in [-0.1, -0.05) is 0 Å². The fourth-order valence-corrected chi connectivity index (χ4v) is 1.69. The number of rotatable bonds is 8. The van der Waals surface area contributed by atoms with E-state index in [1.54, 1.807) is 0 Å². The highest BCUT2D eigenvalue weighted by Gasteiger charge is 2.40. The first-order valence-electron chi connectivity index (χ1n) is 6.82. The first kappa shape index (κ1) is 24.6. The largest absolute Gasteiger partial charge is 0.497 e. The highest BCUT2D eigenvalue weighted by atomic mass is 16.6. The van der Waals surface area contributed by atoms with Gasteiger partial charge in [-0.05, 0) is 0 Å². The van der Waals surface area contributed by atoms with Crippen LogP contribution in [-0.2, 0) is 14.4 Å². The van der Waals surface area contributed by atoms with E-state index in [2.05, 4.69) is 0 Å². The second kappa shape index (κ2) is 9.50. The van der Waals surface area contributed by atoms with Gasteiger partial charge >= 0.3 is 29.3 Å². The van der Waals surface area contributed by atoms with Crippen LogP contribution in [0.3, 0.4) is 0 Å². The number of phenolic OH excluding ortho intramolecular Hbond substituents is 1. The summed E-state index contributed by atoms with van der Waals surface area (Å²) in [5.74, 6) is -6.23. The topological polar surface area (TPSA) is 282 Å². The fraction of sp³-hybridized carbons (Fsp3) is 0.250. The van der Waals surface area contributed by atoms with Crippen LogP contribution < -0.4 is 0 Å².